The minimum Gasteiger partial charge on any atom is -0.384 e. The van der Waals surface area contributed by atoms with Crippen LogP contribution in [0.15, 0.2) is 41.9 Å². The van der Waals surface area contributed by atoms with Crippen LogP contribution in [-0.4, -0.2) is 11.2 Å². The van der Waals surface area contributed by atoms with Crippen molar-refractivity contribution < 1.29 is 0 Å². The van der Waals surface area contributed by atoms with Crippen molar-refractivity contribution in [1.82, 2.24) is 4.98 Å². The van der Waals surface area contributed by atoms with Gasteiger partial charge in [0.1, 0.15) is 5.82 Å². The first kappa shape index (κ1) is 11.3. The number of nitrogens with two attached hydrogens (primary N) is 1. The van der Waals surface area contributed by atoms with Crippen molar-refractivity contribution >= 4 is 23.8 Å². The third-order valence-corrected chi connectivity index (χ3v) is 2.49. The summed E-state index contributed by atoms with van der Waals surface area (Å²) < 4.78 is 0. The fraction of sp³-hybridized carbons (Fsp3) is 0.143. The lowest BCUT2D eigenvalue weighted by Crippen LogP contribution is -2.31. The molecule has 0 unspecified atom stereocenters. The van der Waals surface area contributed by atoms with E-state index in [-0.39, 0.29) is 0 Å². The van der Waals surface area contributed by atoms with Gasteiger partial charge >= 0.3 is 0 Å². The Bertz CT molecular complexity index is 594. The second-order valence-corrected chi connectivity index (χ2v) is 3.76. The van der Waals surface area contributed by atoms with E-state index in [2.05, 4.69) is 28.7 Å². The number of nitrogen functional groups attached to an aromatic ring is 1. The molecule has 0 fully saturated rings. The van der Waals surface area contributed by atoms with Crippen LogP contribution in [0.2, 0.25) is 0 Å². The molecule has 0 radical (unpaired) electrons. The van der Waals surface area contributed by atoms with Crippen LogP contribution in [0.1, 0.15) is 12.8 Å². The summed E-state index contributed by atoms with van der Waals surface area (Å²) in [7, 11) is 0. The van der Waals surface area contributed by atoms with Gasteiger partial charge in [0.15, 0.2) is 0 Å². The van der Waals surface area contributed by atoms with Gasteiger partial charge in [-0.2, -0.15) is 0 Å². The number of hydrogen-bond donors (Lipinski definition) is 1. The molecule has 0 saturated heterocycles. The maximum Gasteiger partial charge on any atom is 0.124 e. The van der Waals surface area contributed by atoms with Crippen LogP contribution in [0.4, 0.5) is 5.82 Å². The number of anilines is 1. The van der Waals surface area contributed by atoms with Crippen LogP contribution in [0, 0.1) is 0 Å². The monoisotopic (exact) mass is 225 g/mol. The van der Waals surface area contributed by atoms with Crippen LogP contribution >= 0.6 is 0 Å². The molecule has 0 spiro atoms. The molecule has 3 heteroatoms. The normalized spacial score (nSPS) is 18.5. The minimum atomic E-state index is 0.521. The van der Waals surface area contributed by atoms with Crippen molar-refractivity contribution in [3.05, 3.63) is 47.5 Å². The number of pyridine rings is 1. The SMILES string of the molecule is C=CC/C=c1/ccc(N)n/c1=C1/CC=CC=N1. The first-order valence-electron chi connectivity index (χ1n) is 5.57. The Hall–Kier alpha value is -2.16. The first-order valence-corrected chi connectivity index (χ1v) is 5.57. The highest BCUT2D eigenvalue weighted by Gasteiger charge is 2.00. The van der Waals surface area contributed by atoms with Crippen LogP contribution < -0.4 is 16.3 Å². The van der Waals surface area contributed by atoms with Gasteiger partial charge in [-0.1, -0.05) is 18.2 Å². The van der Waals surface area contributed by atoms with Gasteiger partial charge in [-0.25, -0.2) is 4.98 Å². The maximum absolute atomic E-state index is 5.73. The summed E-state index contributed by atoms with van der Waals surface area (Å²) in [5.74, 6) is 0.521. The molecule has 3 nitrogen and oxygen atoms in total. The first-order chi connectivity index (χ1) is 8.31. The lowest BCUT2D eigenvalue weighted by molar-refractivity contribution is 1.16. The summed E-state index contributed by atoms with van der Waals surface area (Å²) in [6.45, 7) is 3.71. The van der Waals surface area contributed by atoms with Gasteiger partial charge in [0.25, 0.3) is 0 Å². The average molecular weight is 225 g/mol. The smallest absolute Gasteiger partial charge is 0.124 e. The van der Waals surface area contributed by atoms with E-state index in [0.29, 0.717) is 5.82 Å². The van der Waals surface area contributed by atoms with Crippen molar-refractivity contribution in [3.63, 3.8) is 0 Å². The molecule has 0 bridgehead atoms. The zero-order valence-corrected chi connectivity index (χ0v) is 9.63. The summed E-state index contributed by atoms with van der Waals surface area (Å²) in [4.78, 5) is 8.73. The molecule has 0 aromatic carbocycles. The lowest BCUT2D eigenvalue weighted by atomic mass is 10.2. The number of aromatic nitrogens is 1. The molecule has 1 aliphatic heterocycles. The Kier molecular flexibility index (Phi) is 3.50. The van der Waals surface area contributed by atoms with E-state index in [9.17, 15) is 0 Å². The van der Waals surface area contributed by atoms with Crippen LogP contribution in [-0.2, 0) is 0 Å². The van der Waals surface area contributed by atoms with E-state index in [1.54, 1.807) is 12.3 Å². The van der Waals surface area contributed by atoms with Gasteiger partial charge in [0.2, 0.25) is 0 Å². The molecule has 0 aliphatic carbocycles. The molecular weight excluding hydrogens is 210 g/mol. The average Bonchev–Trinajstić information content (AvgIpc) is 2.38. The Morgan fingerprint density at radius 1 is 1.41 bits per heavy atom. The highest BCUT2D eigenvalue weighted by molar-refractivity contribution is 5.78. The van der Waals surface area contributed by atoms with Crippen molar-refractivity contribution in [3.8, 4) is 0 Å². The summed E-state index contributed by atoms with van der Waals surface area (Å²) in [5.41, 5.74) is 6.69. The second kappa shape index (κ2) is 5.25. The summed E-state index contributed by atoms with van der Waals surface area (Å²) in [6, 6.07) is 3.78. The molecule has 0 amide bonds. The molecule has 0 atom stereocenters. The maximum atomic E-state index is 5.73. The molecule has 1 aromatic rings. The van der Waals surface area contributed by atoms with E-state index in [4.69, 9.17) is 5.73 Å². The fourth-order valence-electron chi connectivity index (χ4n) is 1.68. The standard InChI is InChI=1S/C14H15N3/c1-2-3-6-11-8-9-13(15)17-14(11)12-7-4-5-10-16-12/h2,4-6,8-10H,1,3,7H2,(H2,15,17)/b11-6-,14-12-. The fourth-order valence-corrected chi connectivity index (χ4v) is 1.68. The van der Waals surface area contributed by atoms with Crippen molar-refractivity contribution in [2.75, 3.05) is 5.73 Å². The summed E-state index contributed by atoms with van der Waals surface area (Å²) in [5, 5.41) is 1.93. The van der Waals surface area contributed by atoms with E-state index in [1.165, 1.54) is 0 Å². The van der Waals surface area contributed by atoms with Crippen LogP contribution in [0.25, 0.3) is 11.8 Å². The largest absolute Gasteiger partial charge is 0.384 e. The van der Waals surface area contributed by atoms with E-state index in [1.807, 2.05) is 18.2 Å². The topological polar surface area (TPSA) is 51.3 Å². The van der Waals surface area contributed by atoms with E-state index in [0.717, 1.165) is 29.1 Å². The highest BCUT2D eigenvalue weighted by Crippen LogP contribution is 2.05. The van der Waals surface area contributed by atoms with Gasteiger partial charge in [0.05, 0.1) is 11.0 Å². The van der Waals surface area contributed by atoms with Crippen molar-refractivity contribution in [1.29, 1.82) is 0 Å². The van der Waals surface area contributed by atoms with E-state index >= 15 is 0 Å². The molecule has 1 aliphatic rings. The summed E-state index contributed by atoms with van der Waals surface area (Å²) >= 11 is 0. The molecule has 2 rings (SSSR count). The third kappa shape index (κ3) is 2.69. The zero-order valence-electron chi connectivity index (χ0n) is 9.63. The minimum absolute atomic E-state index is 0.521. The highest BCUT2D eigenvalue weighted by atomic mass is 14.9. The Morgan fingerprint density at radius 3 is 3.00 bits per heavy atom. The third-order valence-electron chi connectivity index (χ3n) is 2.49. The molecule has 2 N–H and O–H groups in total. The number of aliphatic imine (C=N–C) groups is 1. The number of nitrogens with zero attached hydrogens (tertiary/aromatic N) is 2. The van der Waals surface area contributed by atoms with Gasteiger partial charge in [-0.05, 0) is 29.8 Å². The molecular formula is C14H15N3. The number of dihydropyridines is 1. The van der Waals surface area contributed by atoms with Crippen molar-refractivity contribution in [2.45, 2.75) is 12.8 Å². The molecule has 0 saturated carbocycles. The molecule has 2 heterocycles. The van der Waals surface area contributed by atoms with Crippen LogP contribution in [0.3, 0.4) is 0 Å². The zero-order chi connectivity index (χ0) is 12.1. The Labute approximate surface area is 100 Å². The van der Waals surface area contributed by atoms with Gasteiger partial charge < -0.3 is 5.73 Å². The lowest BCUT2D eigenvalue weighted by Gasteiger charge is -2.02. The second-order valence-electron chi connectivity index (χ2n) is 3.76. The number of allylic oxidation sites excluding steroid dienone is 2. The Morgan fingerprint density at radius 2 is 2.29 bits per heavy atom. The predicted octanol–water partition coefficient (Wildman–Crippen LogP) is 1.16. The molecule has 17 heavy (non-hydrogen) atoms. The molecule has 1 aromatic heterocycles. The van der Waals surface area contributed by atoms with Gasteiger partial charge in [-0.15, -0.1) is 6.58 Å². The van der Waals surface area contributed by atoms with Crippen LogP contribution in [0.5, 0.6) is 0 Å². The quantitative estimate of drug-likeness (QED) is 0.768. The predicted molar refractivity (Wildman–Crippen MR) is 72.8 cm³/mol. The Balaban J connectivity index is 2.66. The van der Waals surface area contributed by atoms with E-state index < -0.39 is 0 Å². The van der Waals surface area contributed by atoms with Gasteiger partial charge in [-0.3, -0.25) is 4.99 Å². The van der Waals surface area contributed by atoms with Crippen molar-refractivity contribution in [2.24, 2.45) is 4.99 Å². The number of rotatable bonds is 2. The summed E-state index contributed by atoms with van der Waals surface area (Å²) in [6.07, 6.45) is 11.3. The molecule has 86 valence electrons. The van der Waals surface area contributed by atoms with Gasteiger partial charge in [0, 0.05) is 12.6 Å². The number of hydrogen-bond acceptors (Lipinski definition) is 3.